The molecular formula is C109H144ClN3O31Pt. The number of methoxy groups -OCH3 is 4. The third-order valence-electron chi connectivity index (χ3n) is 30.0. The van der Waals surface area contributed by atoms with Gasteiger partial charge in [0.25, 0.3) is 0 Å². The van der Waals surface area contributed by atoms with Gasteiger partial charge in [-0.3, -0.25) is 43.2 Å². The van der Waals surface area contributed by atoms with E-state index in [0.29, 0.717) is 60.9 Å². The number of nitrogens with two attached hydrogens (primary N) is 1. The van der Waals surface area contributed by atoms with Crippen molar-refractivity contribution in [1.29, 1.82) is 0 Å². The number of epoxide rings is 1. The van der Waals surface area contributed by atoms with Crippen LogP contribution in [0.25, 0.3) is 6.15 Å². The molecule has 0 saturated carbocycles. The Balaban J connectivity index is 0.000000253. The molecule has 5 aromatic rings. The number of carbonyl (C=O) groups excluding carboxylic acids is 8. The molecule has 4 aliphatic carbocycles. The van der Waals surface area contributed by atoms with Crippen molar-refractivity contribution < 1.29 is 172 Å². The Kier molecular flexibility index (Phi) is 40.0. The number of phenols is 4. The van der Waals surface area contributed by atoms with Gasteiger partial charge in [-0.2, -0.15) is 0 Å². The van der Waals surface area contributed by atoms with Crippen LogP contribution in [0.15, 0.2) is 95.6 Å². The van der Waals surface area contributed by atoms with Crippen molar-refractivity contribution in [2.24, 2.45) is 35.0 Å². The maximum absolute atomic E-state index is 14.1. The van der Waals surface area contributed by atoms with Crippen molar-refractivity contribution in [2.45, 2.75) is 310 Å². The van der Waals surface area contributed by atoms with Gasteiger partial charge in [0.1, 0.15) is 80.8 Å². The number of likely N-dealkylation sites (N-methyl/N-ethyl adjacent to an activating group) is 1. The van der Waals surface area contributed by atoms with Crippen LogP contribution in [0.2, 0.25) is 5.02 Å². The zero-order chi connectivity index (χ0) is 105. The number of aromatic hydroxyl groups is 4. The number of hydrogen-bond donors (Lipinski definition) is 10. The maximum Gasteiger partial charge on any atom is 2.00 e. The van der Waals surface area contributed by atoms with Crippen LogP contribution in [0.1, 0.15) is 298 Å². The molecule has 12 N–H and O–H groups in total. The summed E-state index contributed by atoms with van der Waals surface area (Å²) in [7, 11) is 8.87. The van der Waals surface area contributed by atoms with Crippen LogP contribution in [0.4, 0.5) is 5.69 Å². The number of fused-ring (bicyclic) bond motifs is 11. The van der Waals surface area contributed by atoms with Gasteiger partial charge in [-0.15, -0.1) is 0 Å². The number of carbonyl (C=O) groups is 10. The van der Waals surface area contributed by atoms with Crippen LogP contribution in [0, 0.1) is 42.4 Å². The van der Waals surface area contributed by atoms with Crippen molar-refractivity contribution in [2.75, 3.05) is 47.4 Å². The smallest absolute Gasteiger partial charge is 0.693 e. The second kappa shape index (κ2) is 48.3. The molecule has 0 unspecified atom stereocenters. The largest absolute Gasteiger partial charge is 2.00 e. The number of benzene rings is 5. The molecule has 9 aliphatic rings. The first kappa shape index (κ1) is 120. The number of allylic oxidation sites excluding steroid dienone is 5. The number of carboxylic acid groups (broad SMARTS) is 2. The molecule has 20 atom stereocenters. The molecule has 5 heterocycles. The zero-order valence-electron chi connectivity index (χ0n) is 87.1. The third-order valence-corrected chi connectivity index (χ3v) is 30.4. The number of ether oxygens (including phenoxy) is 11. The fourth-order valence-corrected chi connectivity index (χ4v) is 21.4. The van der Waals surface area contributed by atoms with Gasteiger partial charge in [-0.1, -0.05) is 153 Å². The van der Waals surface area contributed by atoms with E-state index in [0.717, 1.165) is 29.6 Å². The van der Waals surface area contributed by atoms with E-state index in [4.69, 9.17) is 73.9 Å². The number of rotatable bonds is 20. The van der Waals surface area contributed by atoms with Gasteiger partial charge in [-0.05, 0) is 133 Å². The van der Waals surface area contributed by atoms with Crippen molar-refractivity contribution in [1.82, 2.24) is 4.90 Å². The first-order chi connectivity index (χ1) is 66.7. The van der Waals surface area contributed by atoms with Crippen molar-refractivity contribution in [3.05, 3.63) is 187 Å². The molecule has 5 aromatic carbocycles. The molecule has 2 amide bonds. The summed E-state index contributed by atoms with van der Waals surface area (Å²) in [5.74, 6) is -9.12. The SMILES string of the molecule is C/C=C(/C)[C@]1(O)Cc2c(O)c3c(c(O)c2[C@@H](O[C@H]2C[C@H](CC)[C@H](C)[C@H](C)O2)C1)C(=O)c1c(OC)cccc1C3=O.C/C=C(/CCC)[C@]1(O)Cc2c(O)c3c(c(O)c2[C@@H](O[C@H]2C[C@H](CC)[C@H](O)[C@H](C)O2)C1)C(=O)c1c(OC)cccc1C3=O.CCC(C(=O)O)C(=O)O.COc1cc2cc(c1Cl)N(C)C(=O)C[C@H](OC(=O)[C@H](C)N(C)C(=O)C(C)(C)C)[C@]1(C)O[C@H]1[C@H](C)[C@@H]1C[C@@](O)(CC(=O)O1)[C@H](OC)/C=C/C=C(\C)C2.[CH3-].[NH2-].[Pt+2]. The van der Waals surface area contributed by atoms with E-state index >= 15 is 0 Å². The number of hydrogen-bond acceptors (Lipinski definition) is 29. The predicted molar refractivity (Wildman–Crippen MR) is 534 cm³/mol. The van der Waals surface area contributed by atoms with Crippen LogP contribution < -0.4 is 19.1 Å². The minimum atomic E-state index is -1.57. The maximum atomic E-state index is 14.1. The Bertz CT molecular complexity index is 5810. The number of amides is 2. The number of aliphatic hydroxyl groups is 4. The average molecular weight is 2220 g/mol. The van der Waals surface area contributed by atoms with Crippen molar-refractivity contribution >= 4 is 76.1 Å². The molecule has 14 rings (SSSR count). The fourth-order valence-electron chi connectivity index (χ4n) is 21.1. The second-order valence-corrected chi connectivity index (χ2v) is 40.5. The Morgan fingerprint density at radius 2 is 1.17 bits per heavy atom. The summed E-state index contributed by atoms with van der Waals surface area (Å²) in [5.41, 5.74) is -3.04. The normalized spacial score (nSPS) is 28.7. The fraction of sp³-hybridized carbons (Fsp3) is 0.550. The van der Waals surface area contributed by atoms with E-state index in [1.165, 1.54) is 64.3 Å². The van der Waals surface area contributed by atoms with Crippen LogP contribution in [0.3, 0.4) is 0 Å². The van der Waals surface area contributed by atoms with E-state index in [1.54, 1.807) is 110 Å². The van der Waals surface area contributed by atoms with E-state index in [1.807, 2.05) is 60.6 Å². The van der Waals surface area contributed by atoms with Gasteiger partial charge in [0.2, 0.25) is 23.4 Å². The van der Waals surface area contributed by atoms with E-state index in [2.05, 4.69) is 13.8 Å². The minimum absolute atomic E-state index is 0. The summed E-state index contributed by atoms with van der Waals surface area (Å²) in [6.45, 7) is 31.3. The Hall–Kier alpha value is -10.3. The molecular weight excluding hydrogens is 2080 g/mol. The number of aliphatic hydroxyl groups excluding tert-OH is 1. The number of nitrogens with zero attached hydrogens (tertiary/aromatic N) is 2. The summed E-state index contributed by atoms with van der Waals surface area (Å²) >= 11 is 6.75. The van der Waals surface area contributed by atoms with Gasteiger partial charge in [0, 0.05) is 111 Å². The standard InChI is InChI=1S/C38H53ClN2O10.C33H40O9.C32H38O8.C5H8O4.CH3.H2N.Pt/c1-21-13-12-14-28(48-11)38(46)19-27(49-31(43)20-38)22(2)33-37(7,51-33)29(50-34(44)23(3)40(8)35(45)36(4,5)6)18-30(42)41(9)25-16-24(15-21)17-26(47-10)32(25)39;1-6-10-18(8-3)33(39)14-20-25(22(15-33)42-23-13-17(7-2)28(34)16(4)41-23)32(38)27-26(30(20)36)29(35)19-11-9-12-21(40-5)24(19)31(27)37;1-7-15(3)32(37)13-20-25(22(14-32)40-23-12-18(8-2)16(4)17(5)39-23)31(36)27-26(29(20)34)28(33)19-10-9-11-21(38-6)24(19)30(27)35;1-2-3(4(6)7)5(8)9;;;/h12-14,16-17,22-23,27-29,33,46H,15,18-20H2,1-11H3;8-9,11-12,16-17,22-23,28,34,36,38-39H,6-7,10,13-15H2,1-5H3;7,9-11,16-18,22-23,34,36-37H,8,12-14H2,1-6H3;3H,2H2,1H3,(H,6,7)(H,8,9);1H3;1H2;/q;;;;2*-1;+2/b14-12+,21-13+;18-8-;15-7-;;;;/t22-,23+,27+,28-,29+,33+,37+,38-;16-,17-,22-,23-,28+,33-;16-,17+,18+,22+,23+,32+;;;;/m101..../s1. The molecule has 5 aliphatic heterocycles. The molecule has 34 nitrogen and oxygen atoms in total. The van der Waals surface area contributed by atoms with E-state index < -0.39 is 183 Å². The quantitative estimate of drug-likeness (QED) is 0.00846. The third kappa shape index (κ3) is 24.2. The van der Waals surface area contributed by atoms with Crippen LogP contribution in [-0.4, -0.2) is 241 Å². The topological polar surface area (TPSA) is 518 Å². The zero-order valence-corrected chi connectivity index (χ0v) is 90.2. The number of phenolic OH excluding ortho intramolecular Hbond substituents is 4. The number of carboxylic acids is 2. The summed E-state index contributed by atoms with van der Waals surface area (Å²) in [6.07, 6.45) is 5.29. The first-order valence-corrected chi connectivity index (χ1v) is 48.9. The molecule has 0 aromatic heterocycles. The Morgan fingerprint density at radius 3 is 1.63 bits per heavy atom. The summed E-state index contributed by atoms with van der Waals surface area (Å²) in [6, 6.07) is 11.9. The number of aliphatic carboxylic acids is 2. The molecule has 0 spiro atoms. The number of anilines is 1. The van der Waals surface area contributed by atoms with Gasteiger partial charge >= 0.3 is 44.9 Å². The van der Waals surface area contributed by atoms with Crippen LogP contribution >= 0.6 is 11.6 Å². The molecule has 0 radical (unpaired) electrons. The molecule has 145 heavy (non-hydrogen) atoms. The molecule has 4 fully saturated rings. The number of ketones is 4. The average Bonchev–Trinajstić information content (AvgIpc) is 1.68. The minimum Gasteiger partial charge on any atom is -0.693 e. The van der Waals surface area contributed by atoms with Crippen molar-refractivity contribution in [3.8, 4) is 40.2 Å². The van der Waals surface area contributed by atoms with Gasteiger partial charge in [0.05, 0.1) is 121 Å². The Morgan fingerprint density at radius 1 is 0.676 bits per heavy atom. The van der Waals surface area contributed by atoms with Gasteiger partial charge < -0.3 is 127 Å². The number of halogens is 1. The van der Waals surface area contributed by atoms with Crippen LogP contribution in [0.5, 0.6) is 40.2 Å². The summed E-state index contributed by atoms with van der Waals surface area (Å²) < 4.78 is 65.3. The molecule has 4 bridgehead atoms. The monoisotopic (exact) mass is 2220 g/mol. The first-order valence-electron chi connectivity index (χ1n) is 48.5. The predicted octanol–water partition coefficient (Wildman–Crippen LogP) is 16.4. The molecule has 36 heteroatoms. The second-order valence-electron chi connectivity index (χ2n) is 40.1. The van der Waals surface area contributed by atoms with Crippen LogP contribution in [-0.2, 0) is 107 Å². The molecule has 798 valence electrons. The van der Waals surface area contributed by atoms with Crippen molar-refractivity contribution in [3.63, 3.8) is 0 Å². The van der Waals surface area contributed by atoms with Gasteiger partial charge in [-0.25, -0.2) is 4.79 Å². The van der Waals surface area contributed by atoms with E-state index in [-0.39, 0.29) is 187 Å². The Labute approximate surface area is 867 Å². The summed E-state index contributed by atoms with van der Waals surface area (Å²) in [5, 5.41) is 110. The number of esters is 2. The van der Waals surface area contributed by atoms with Gasteiger partial charge in [0.15, 0.2) is 30.1 Å². The summed E-state index contributed by atoms with van der Waals surface area (Å²) in [4.78, 5) is 132. The van der Waals surface area contributed by atoms with E-state index in [9.17, 15) is 88.8 Å². The molecule has 4 saturated heterocycles.